The number of ether oxygens (including phenoxy) is 3. The summed E-state index contributed by atoms with van der Waals surface area (Å²) in [5.74, 6) is -0.266. The van der Waals surface area contributed by atoms with E-state index in [-0.39, 0.29) is 61.7 Å². The number of nitrogens with zero attached hydrogens (tertiary/aromatic N) is 2. The van der Waals surface area contributed by atoms with Gasteiger partial charge in [0.25, 0.3) is 0 Å². The molecule has 3 fully saturated rings. The molecule has 1 N–H and O–H groups in total. The Morgan fingerprint density at radius 2 is 1.79 bits per heavy atom. The summed E-state index contributed by atoms with van der Waals surface area (Å²) in [6, 6.07) is 19.7. The van der Waals surface area contributed by atoms with E-state index < -0.39 is 30.6 Å². The number of carbonyl (C=O) groups is 3. The van der Waals surface area contributed by atoms with Crippen molar-refractivity contribution in [3.8, 4) is 22.8 Å². The van der Waals surface area contributed by atoms with Gasteiger partial charge < -0.3 is 28.4 Å². The molecule has 8 rings (SSSR count). The lowest BCUT2D eigenvalue weighted by Crippen LogP contribution is -2.45. The lowest BCUT2D eigenvalue weighted by Gasteiger charge is -2.30. The standard InChI is InChI=1S/C46H53N2O9P/c1-54-35-20-21-38-40(24-35)47-39(31-13-7-5-8-14-31)26-43(38)56-37-25-41-42(49)28-46(58(52,53)30-36-19-12-22-55-36)27-33(46)16-9-4-2-3-6-15-32(45(51)48(41)29-37)23-44(50)57-34-17-10-11-18-34/h5,7-9,12-14,16,19-22,24,26,32-34,37,41H,2-4,6,10-11,15,17-18,23,25,27-30H2,1H3,(H,52,53)/b16-9-/t32?,33-,37-,41+,46-/m1/s1. The van der Waals surface area contributed by atoms with Crippen LogP contribution in [0.25, 0.3) is 22.2 Å². The summed E-state index contributed by atoms with van der Waals surface area (Å²) in [5, 5.41) is -0.419. The summed E-state index contributed by atoms with van der Waals surface area (Å²) >= 11 is 0. The summed E-state index contributed by atoms with van der Waals surface area (Å²) in [5.41, 5.74) is 2.26. The smallest absolute Gasteiger partial charge is 0.306 e. The third-order valence-corrected chi connectivity index (χ3v) is 15.4. The van der Waals surface area contributed by atoms with E-state index in [9.17, 15) is 23.8 Å². The highest BCUT2D eigenvalue weighted by Gasteiger charge is 2.65. The van der Waals surface area contributed by atoms with E-state index in [1.165, 1.54) is 6.26 Å². The molecule has 0 radical (unpaired) electrons. The first-order valence-electron chi connectivity index (χ1n) is 20.9. The second kappa shape index (κ2) is 17.2. The number of rotatable bonds is 10. The van der Waals surface area contributed by atoms with Gasteiger partial charge in [-0.3, -0.25) is 18.9 Å². The molecule has 2 aromatic heterocycles. The minimum Gasteiger partial charge on any atom is -0.497 e. The summed E-state index contributed by atoms with van der Waals surface area (Å²) in [7, 11) is -2.38. The monoisotopic (exact) mass is 808 g/mol. The maximum absolute atomic E-state index is 14.8. The molecule has 306 valence electrons. The Kier molecular flexibility index (Phi) is 11.9. The maximum atomic E-state index is 14.8. The Morgan fingerprint density at radius 3 is 2.57 bits per heavy atom. The van der Waals surface area contributed by atoms with Gasteiger partial charge in [-0.05, 0) is 81.5 Å². The van der Waals surface area contributed by atoms with Crippen LogP contribution >= 0.6 is 7.37 Å². The first-order valence-corrected chi connectivity index (χ1v) is 22.7. The van der Waals surface area contributed by atoms with Crippen molar-refractivity contribution in [3.63, 3.8) is 0 Å². The fourth-order valence-corrected chi connectivity index (χ4v) is 11.7. The molecule has 4 aliphatic rings. The Labute approximate surface area is 339 Å². The molecule has 0 spiro atoms. The number of amides is 1. The van der Waals surface area contributed by atoms with E-state index in [0.717, 1.165) is 62.3 Å². The van der Waals surface area contributed by atoms with Crippen LogP contribution in [0.15, 0.2) is 89.6 Å². The lowest BCUT2D eigenvalue weighted by molar-refractivity contribution is -0.154. The Morgan fingerprint density at radius 1 is 0.983 bits per heavy atom. The number of methoxy groups -OCH3 is 1. The molecule has 58 heavy (non-hydrogen) atoms. The van der Waals surface area contributed by atoms with Gasteiger partial charge in [0.15, 0.2) is 5.78 Å². The van der Waals surface area contributed by atoms with Crippen molar-refractivity contribution >= 4 is 35.9 Å². The molecule has 4 aromatic rings. The van der Waals surface area contributed by atoms with E-state index >= 15 is 0 Å². The topological polar surface area (TPSA) is 145 Å². The van der Waals surface area contributed by atoms with Crippen LogP contribution in [0.3, 0.4) is 0 Å². The van der Waals surface area contributed by atoms with Crippen molar-refractivity contribution < 1.29 is 42.5 Å². The molecule has 2 saturated carbocycles. The molecule has 12 heteroatoms. The molecule has 2 aliphatic heterocycles. The van der Waals surface area contributed by atoms with Crippen molar-refractivity contribution in [2.75, 3.05) is 13.7 Å². The zero-order chi connectivity index (χ0) is 40.3. The van der Waals surface area contributed by atoms with Gasteiger partial charge in [0.1, 0.15) is 29.5 Å². The summed E-state index contributed by atoms with van der Waals surface area (Å²) < 4.78 is 38.1. The zero-order valence-corrected chi connectivity index (χ0v) is 34.0. The number of aromatic nitrogens is 1. The number of hydrogen-bond donors (Lipinski definition) is 1. The molecule has 2 aliphatic carbocycles. The average Bonchev–Trinajstić information content (AvgIpc) is 3.68. The van der Waals surface area contributed by atoms with Crippen LogP contribution in [0.2, 0.25) is 0 Å². The first kappa shape index (κ1) is 40.1. The quantitative estimate of drug-likeness (QED) is 0.0936. The molecule has 1 amide bonds. The predicted molar refractivity (Wildman–Crippen MR) is 220 cm³/mol. The molecule has 2 unspecified atom stereocenters. The van der Waals surface area contributed by atoms with Crippen molar-refractivity contribution in [1.29, 1.82) is 0 Å². The SMILES string of the molecule is COc1ccc2c(O[C@@H]3C[C@H]4C(=O)C[C@]5(P(=O)(O)Cc6ccco6)C[C@H]5/C=C\CCCCCC(CC(=O)OC5CCCC5)C(=O)N4C3)cc(-c3ccccc3)nc2c1. The van der Waals surface area contributed by atoms with Crippen molar-refractivity contribution in [2.24, 2.45) is 11.8 Å². The van der Waals surface area contributed by atoms with Gasteiger partial charge >= 0.3 is 5.97 Å². The second-order valence-corrected chi connectivity index (χ2v) is 19.2. The van der Waals surface area contributed by atoms with Crippen LogP contribution < -0.4 is 9.47 Å². The van der Waals surface area contributed by atoms with Gasteiger partial charge in [-0.25, -0.2) is 4.98 Å². The van der Waals surface area contributed by atoms with E-state index in [1.807, 2.05) is 60.7 Å². The number of fused-ring (bicyclic) bond motifs is 3. The van der Waals surface area contributed by atoms with Crippen LogP contribution in [-0.4, -0.2) is 69.5 Å². The van der Waals surface area contributed by atoms with E-state index in [0.29, 0.717) is 41.3 Å². The van der Waals surface area contributed by atoms with Gasteiger partial charge in [0.2, 0.25) is 13.3 Å². The molecule has 2 aromatic carbocycles. The second-order valence-electron chi connectivity index (χ2n) is 16.6. The minimum absolute atomic E-state index is 0.0591. The van der Waals surface area contributed by atoms with Crippen LogP contribution in [0, 0.1) is 11.8 Å². The normalized spacial score (nSPS) is 27.2. The fourth-order valence-electron chi connectivity index (χ4n) is 9.34. The van der Waals surface area contributed by atoms with E-state index in [4.69, 9.17) is 23.6 Å². The largest absolute Gasteiger partial charge is 0.497 e. The van der Waals surface area contributed by atoms with Crippen molar-refractivity contribution in [2.45, 2.75) is 113 Å². The Bertz CT molecular complexity index is 2180. The molecule has 11 nitrogen and oxygen atoms in total. The number of Topliss-reactive ketones (excluding diaryl/α,β-unsaturated/α-hetero) is 1. The number of ketones is 1. The average molecular weight is 809 g/mol. The van der Waals surface area contributed by atoms with E-state index in [2.05, 4.69) is 6.08 Å². The maximum Gasteiger partial charge on any atom is 0.306 e. The highest BCUT2D eigenvalue weighted by molar-refractivity contribution is 7.59. The molecule has 4 heterocycles. The molecule has 1 saturated heterocycles. The number of furan rings is 1. The highest BCUT2D eigenvalue weighted by atomic mass is 31.2. The fraction of sp³-hybridized carbons (Fsp3) is 0.478. The van der Waals surface area contributed by atoms with Gasteiger partial charge in [-0.15, -0.1) is 0 Å². The van der Waals surface area contributed by atoms with Gasteiger partial charge in [0, 0.05) is 41.8 Å². The number of pyridine rings is 1. The summed E-state index contributed by atoms with van der Waals surface area (Å²) in [6.07, 6.45) is 12.5. The van der Waals surface area contributed by atoms with E-state index in [1.54, 1.807) is 24.1 Å². The third-order valence-electron chi connectivity index (χ3n) is 12.6. The van der Waals surface area contributed by atoms with Crippen molar-refractivity contribution in [1.82, 2.24) is 9.88 Å². The van der Waals surface area contributed by atoms with Crippen LogP contribution in [0.4, 0.5) is 0 Å². The van der Waals surface area contributed by atoms with Crippen LogP contribution in [0.5, 0.6) is 11.5 Å². The number of carbonyl (C=O) groups excluding carboxylic acids is 3. The number of esters is 1. The van der Waals surface area contributed by atoms with Gasteiger partial charge in [-0.1, -0.05) is 55.3 Å². The molecule has 0 bridgehead atoms. The minimum atomic E-state index is -3.98. The van der Waals surface area contributed by atoms with Gasteiger partial charge in [-0.2, -0.15) is 0 Å². The zero-order valence-electron chi connectivity index (χ0n) is 33.1. The first-order chi connectivity index (χ1) is 28.1. The number of allylic oxidation sites excluding steroid dienone is 2. The Balaban J connectivity index is 1.13. The lowest BCUT2D eigenvalue weighted by atomic mass is 9.94. The third kappa shape index (κ3) is 8.67. The number of benzene rings is 2. The molecule has 6 atom stereocenters. The van der Waals surface area contributed by atoms with Crippen LogP contribution in [0.1, 0.15) is 89.2 Å². The number of hydrogen-bond acceptors (Lipinski definition) is 9. The van der Waals surface area contributed by atoms with Crippen LogP contribution in [-0.2, 0) is 29.8 Å². The van der Waals surface area contributed by atoms with Crippen molar-refractivity contribution in [3.05, 3.63) is 90.9 Å². The molecular formula is C46H53N2O9P. The highest BCUT2D eigenvalue weighted by Crippen LogP contribution is 2.74. The summed E-state index contributed by atoms with van der Waals surface area (Å²) in [4.78, 5) is 61.3. The predicted octanol–water partition coefficient (Wildman–Crippen LogP) is 9.05. The molecular weight excluding hydrogens is 755 g/mol. The Hall–Kier alpha value is -4.73. The van der Waals surface area contributed by atoms with Gasteiger partial charge in [0.05, 0.1) is 54.9 Å². The summed E-state index contributed by atoms with van der Waals surface area (Å²) in [6.45, 7) is 0.115.